The van der Waals surface area contributed by atoms with Gasteiger partial charge >= 0.3 is 0 Å². The predicted molar refractivity (Wildman–Crippen MR) is 277 cm³/mol. The van der Waals surface area contributed by atoms with Gasteiger partial charge in [-0.1, -0.05) is 163 Å². The molecule has 1 aliphatic carbocycles. The van der Waals surface area contributed by atoms with Gasteiger partial charge in [0, 0.05) is 38.0 Å². The van der Waals surface area contributed by atoms with Crippen LogP contribution < -0.4 is 25.5 Å². The summed E-state index contributed by atoms with van der Waals surface area (Å²) < 4.78 is 1.49. The predicted octanol–water partition coefficient (Wildman–Crippen LogP) is 15.2. The molecule has 63 heavy (non-hydrogen) atoms. The quantitative estimate of drug-likeness (QED) is 0.164. The molecule has 0 bridgehead atoms. The lowest BCUT2D eigenvalue weighted by Crippen LogP contribution is -2.61. The van der Waals surface area contributed by atoms with Crippen molar-refractivity contribution in [3.8, 4) is 11.1 Å². The van der Waals surface area contributed by atoms with Crippen molar-refractivity contribution in [2.75, 3.05) is 9.80 Å². The largest absolute Gasteiger partial charge is 0.311 e. The number of nitrogens with zero attached hydrogens (tertiary/aromatic N) is 2. The van der Waals surface area contributed by atoms with Gasteiger partial charge in [-0.25, -0.2) is 0 Å². The van der Waals surface area contributed by atoms with Gasteiger partial charge in [0.25, 0.3) is 6.71 Å². The van der Waals surface area contributed by atoms with Crippen molar-refractivity contribution in [1.82, 2.24) is 0 Å². The van der Waals surface area contributed by atoms with Crippen LogP contribution in [0.3, 0.4) is 0 Å². The zero-order chi connectivity index (χ0) is 44.8. The molecule has 4 heteroatoms. The van der Waals surface area contributed by atoms with Gasteiger partial charge in [-0.3, -0.25) is 0 Å². The van der Waals surface area contributed by atoms with E-state index in [9.17, 15) is 0 Å². The number of hydrogen-bond donors (Lipinski definition) is 0. The zero-order valence-electron chi connectivity index (χ0n) is 40.3. The first-order valence-electron chi connectivity index (χ1n) is 23.3. The Morgan fingerprint density at radius 2 is 1.11 bits per heavy atom. The second kappa shape index (κ2) is 14.0. The van der Waals surface area contributed by atoms with Gasteiger partial charge in [-0.05, 0) is 144 Å². The summed E-state index contributed by atoms with van der Waals surface area (Å²) in [6.45, 7) is 33.5. The van der Waals surface area contributed by atoms with E-state index < -0.39 is 0 Å². The molecule has 3 heterocycles. The van der Waals surface area contributed by atoms with E-state index in [-0.39, 0.29) is 33.8 Å². The van der Waals surface area contributed by atoms with E-state index in [1.54, 1.807) is 10.4 Å². The van der Waals surface area contributed by atoms with E-state index in [0.717, 1.165) is 0 Å². The van der Waals surface area contributed by atoms with Gasteiger partial charge in [-0.15, -0.1) is 0 Å². The minimum absolute atomic E-state index is 0.0181. The molecule has 0 radical (unpaired) electrons. The van der Waals surface area contributed by atoms with E-state index in [2.05, 4.69) is 233 Å². The highest BCUT2D eigenvalue weighted by Crippen LogP contribution is 2.57. The number of anilines is 6. The van der Waals surface area contributed by atoms with Gasteiger partial charge in [-0.2, -0.15) is 11.3 Å². The minimum Gasteiger partial charge on any atom is -0.311 e. The Labute approximate surface area is 382 Å². The van der Waals surface area contributed by atoms with E-state index in [1.807, 2.05) is 0 Å². The fourth-order valence-electron chi connectivity index (χ4n) is 10.9. The van der Waals surface area contributed by atoms with Crippen molar-refractivity contribution in [3.05, 3.63) is 148 Å². The van der Waals surface area contributed by atoms with E-state index in [1.165, 1.54) is 107 Å². The fourth-order valence-corrected chi connectivity index (χ4v) is 12.6. The summed E-state index contributed by atoms with van der Waals surface area (Å²) in [5.74, 6) is 0. The molecule has 0 fully saturated rings. The molecule has 2 aliphatic heterocycles. The number of aryl methyl sites for hydroxylation is 1. The molecule has 0 unspecified atom stereocenters. The maximum Gasteiger partial charge on any atom is 0.264 e. The van der Waals surface area contributed by atoms with E-state index in [0.29, 0.717) is 0 Å². The second-order valence-electron chi connectivity index (χ2n) is 23.4. The molecule has 0 spiro atoms. The second-order valence-corrected chi connectivity index (χ2v) is 24.5. The summed E-state index contributed by atoms with van der Waals surface area (Å²) in [6.07, 6.45) is 2.36. The van der Waals surface area contributed by atoms with Crippen LogP contribution >= 0.6 is 11.3 Å². The van der Waals surface area contributed by atoms with Crippen molar-refractivity contribution in [2.24, 2.45) is 0 Å². The molecule has 0 atom stereocenters. The molecule has 10 rings (SSSR count). The normalized spacial score (nSPS) is 16.4. The highest BCUT2D eigenvalue weighted by atomic mass is 32.1. The summed E-state index contributed by atoms with van der Waals surface area (Å²) in [4.78, 5) is 6.92. The Kier molecular flexibility index (Phi) is 9.30. The Bertz CT molecular complexity index is 2970. The third-order valence-electron chi connectivity index (χ3n) is 14.7. The summed E-state index contributed by atoms with van der Waals surface area (Å²) in [6, 6.07) is 45.1. The number of fused-ring (bicyclic) bond motifs is 7. The lowest BCUT2D eigenvalue weighted by Gasteiger charge is -2.46. The molecule has 0 N–H and O–H groups in total. The van der Waals surface area contributed by atoms with Crippen LogP contribution in [-0.4, -0.2) is 6.71 Å². The number of hydrogen-bond acceptors (Lipinski definition) is 3. The van der Waals surface area contributed by atoms with Gasteiger partial charge in [0.15, 0.2) is 0 Å². The van der Waals surface area contributed by atoms with E-state index >= 15 is 0 Å². The van der Waals surface area contributed by atoms with Gasteiger partial charge in [0.2, 0.25) is 0 Å². The maximum atomic E-state index is 2.70. The number of benzene rings is 6. The van der Waals surface area contributed by atoms with Crippen LogP contribution in [0.1, 0.15) is 136 Å². The Hall–Kier alpha value is -5.06. The topological polar surface area (TPSA) is 6.48 Å². The molecule has 0 amide bonds. The molecule has 320 valence electrons. The Balaban J connectivity index is 1.34. The van der Waals surface area contributed by atoms with Gasteiger partial charge in [0.05, 0.1) is 11.4 Å². The SMILES string of the molecule is Cc1cc2c3c(c1)N(c1ccc(C(C)(C)C)cc1)c1c(sc4c1C(C)(C)CCC4(C)C)B3c1cc(C(C)(C)C)ccc1N2c1ccc(C(C)(C)C)cc1-c1cccc2ccccc12. The minimum atomic E-state index is -0.0217. The monoisotopic (exact) mass is 844 g/mol. The lowest BCUT2D eigenvalue weighted by molar-refractivity contribution is 0.339. The molecule has 0 saturated heterocycles. The summed E-state index contributed by atoms with van der Waals surface area (Å²) in [7, 11) is 0. The molecule has 0 saturated carbocycles. The zero-order valence-corrected chi connectivity index (χ0v) is 41.1. The van der Waals surface area contributed by atoms with Crippen LogP contribution in [0.25, 0.3) is 21.9 Å². The van der Waals surface area contributed by atoms with Gasteiger partial charge < -0.3 is 9.80 Å². The van der Waals surface area contributed by atoms with Crippen molar-refractivity contribution < 1.29 is 0 Å². The molecule has 6 aromatic carbocycles. The Morgan fingerprint density at radius 3 is 1.78 bits per heavy atom. The number of rotatable bonds is 3. The maximum absolute atomic E-state index is 2.70. The lowest BCUT2D eigenvalue weighted by atomic mass is 9.35. The van der Waals surface area contributed by atoms with Crippen LogP contribution in [0.2, 0.25) is 0 Å². The molecule has 1 aromatic heterocycles. The third kappa shape index (κ3) is 6.64. The summed E-state index contributed by atoms with van der Waals surface area (Å²) in [5, 5.41) is 2.54. The average Bonchev–Trinajstić information content (AvgIpc) is 3.64. The van der Waals surface area contributed by atoms with Crippen LogP contribution in [0, 0.1) is 6.92 Å². The van der Waals surface area contributed by atoms with Gasteiger partial charge in [0.1, 0.15) is 0 Å². The van der Waals surface area contributed by atoms with Crippen molar-refractivity contribution in [1.29, 1.82) is 0 Å². The standard InChI is InChI=1S/C59H65BN2S/c1-36-32-48-51-49(33-36)62(46-28-24-39(56(5,6)7)34-44(46)43-21-17-19-37-18-15-16-20-42(37)43)47-29-25-40(57(8,9)10)35-45(47)60(51)54-52(50-53(63-54)59(13,14)31-30-58(50,11)12)61(48)41-26-22-38(23-27-41)55(2,3)4/h15-29,32-35H,30-31H2,1-14H3. The summed E-state index contributed by atoms with van der Waals surface area (Å²) in [5.41, 5.74) is 20.1. The van der Waals surface area contributed by atoms with Crippen LogP contribution in [0.4, 0.5) is 34.1 Å². The van der Waals surface area contributed by atoms with Crippen molar-refractivity contribution in [2.45, 2.75) is 137 Å². The number of thiophene rings is 1. The fraction of sp³-hybridized carbons (Fsp3) is 0.356. The van der Waals surface area contributed by atoms with E-state index in [4.69, 9.17) is 0 Å². The van der Waals surface area contributed by atoms with Crippen LogP contribution in [0.15, 0.2) is 115 Å². The molecular weight excluding hydrogens is 780 g/mol. The third-order valence-corrected chi connectivity index (χ3v) is 16.3. The highest BCUT2D eigenvalue weighted by molar-refractivity contribution is 7.29. The molecular formula is C59H65BN2S. The highest BCUT2D eigenvalue weighted by Gasteiger charge is 2.51. The molecule has 7 aromatic rings. The Morgan fingerprint density at radius 1 is 0.540 bits per heavy atom. The first-order valence-corrected chi connectivity index (χ1v) is 24.2. The molecule has 2 nitrogen and oxygen atoms in total. The smallest absolute Gasteiger partial charge is 0.264 e. The molecule has 3 aliphatic rings. The average molecular weight is 845 g/mol. The van der Waals surface area contributed by atoms with Crippen LogP contribution in [-0.2, 0) is 27.1 Å². The van der Waals surface area contributed by atoms with Crippen molar-refractivity contribution in [3.63, 3.8) is 0 Å². The van der Waals surface area contributed by atoms with Crippen LogP contribution in [0.5, 0.6) is 0 Å². The summed E-state index contributed by atoms with van der Waals surface area (Å²) >= 11 is 2.12. The van der Waals surface area contributed by atoms with Crippen molar-refractivity contribution >= 4 is 78.6 Å². The first-order chi connectivity index (χ1) is 29.5. The first kappa shape index (κ1) is 41.9.